The largest absolute Gasteiger partial charge is 0.497 e. The van der Waals surface area contributed by atoms with Crippen LogP contribution in [0, 0.1) is 11.2 Å². The highest BCUT2D eigenvalue weighted by Crippen LogP contribution is 2.23. The summed E-state index contributed by atoms with van der Waals surface area (Å²) >= 11 is 0. The third-order valence-corrected chi connectivity index (χ3v) is 3.58. The Morgan fingerprint density at radius 3 is 2.65 bits per heavy atom. The fourth-order valence-corrected chi connectivity index (χ4v) is 2.06. The second kappa shape index (κ2) is 7.60. The van der Waals surface area contributed by atoms with Crippen LogP contribution < -0.4 is 10.1 Å². The highest BCUT2D eigenvalue weighted by molar-refractivity contribution is 5.30. The fourth-order valence-electron chi connectivity index (χ4n) is 2.06. The molecule has 0 heterocycles. The first-order valence-electron chi connectivity index (χ1n) is 7.07. The molecule has 1 aromatic rings. The van der Waals surface area contributed by atoms with Crippen molar-refractivity contribution in [3.63, 3.8) is 0 Å². The van der Waals surface area contributed by atoms with Crippen LogP contribution in [-0.2, 0) is 0 Å². The molecule has 20 heavy (non-hydrogen) atoms. The second-order valence-electron chi connectivity index (χ2n) is 5.99. The van der Waals surface area contributed by atoms with Gasteiger partial charge in [0, 0.05) is 24.3 Å². The van der Waals surface area contributed by atoms with Crippen molar-refractivity contribution >= 4 is 0 Å². The zero-order chi connectivity index (χ0) is 15.2. The van der Waals surface area contributed by atoms with Crippen LogP contribution in [0.1, 0.15) is 45.2 Å². The van der Waals surface area contributed by atoms with E-state index in [1.165, 1.54) is 13.2 Å². The topological polar surface area (TPSA) is 41.5 Å². The summed E-state index contributed by atoms with van der Waals surface area (Å²) in [5.41, 5.74) is 0.600. The highest BCUT2D eigenvalue weighted by Gasteiger charge is 2.16. The molecule has 0 aromatic heterocycles. The van der Waals surface area contributed by atoms with Crippen molar-refractivity contribution in [3.8, 4) is 5.75 Å². The van der Waals surface area contributed by atoms with Gasteiger partial charge in [0.05, 0.1) is 7.11 Å². The number of ether oxygens (including phenoxy) is 1. The summed E-state index contributed by atoms with van der Waals surface area (Å²) in [5.74, 6) is 0.281. The van der Waals surface area contributed by atoms with Crippen LogP contribution in [-0.4, -0.2) is 25.4 Å². The van der Waals surface area contributed by atoms with E-state index < -0.39 is 0 Å². The van der Waals surface area contributed by atoms with Crippen molar-refractivity contribution in [3.05, 3.63) is 29.6 Å². The zero-order valence-corrected chi connectivity index (χ0v) is 12.9. The molecule has 1 aromatic carbocycles. The van der Waals surface area contributed by atoms with E-state index in [0.29, 0.717) is 11.3 Å². The maximum absolute atomic E-state index is 13.9. The normalized spacial score (nSPS) is 13.3. The molecule has 0 fully saturated rings. The summed E-state index contributed by atoms with van der Waals surface area (Å²) in [4.78, 5) is 0. The van der Waals surface area contributed by atoms with Gasteiger partial charge in [0.25, 0.3) is 0 Å². The average Bonchev–Trinajstić information content (AvgIpc) is 2.43. The molecule has 114 valence electrons. The van der Waals surface area contributed by atoms with E-state index in [4.69, 9.17) is 4.74 Å². The van der Waals surface area contributed by atoms with Crippen molar-refractivity contribution < 1.29 is 14.2 Å². The molecule has 0 saturated heterocycles. The Kier molecular flexibility index (Phi) is 6.43. The van der Waals surface area contributed by atoms with Crippen molar-refractivity contribution in [1.82, 2.24) is 5.32 Å². The minimum Gasteiger partial charge on any atom is -0.497 e. The van der Waals surface area contributed by atoms with Gasteiger partial charge < -0.3 is 15.2 Å². The predicted molar refractivity (Wildman–Crippen MR) is 79.5 cm³/mol. The minimum absolute atomic E-state index is 0.0434. The van der Waals surface area contributed by atoms with E-state index in [0.717, 1.165) is 19.4 Å². The maximum Gasteiger partial charge on any atom is 0.131 e. The number of rotatable bonds is 8. The van der Waals surface area contributed by atoms with Crippen molar-refractivity contribution in [2.75, 3.05) is 20.3 Å². The quantitative estimate of drug-likeness (QED) is 0.719. The number of nitrogens with one attached hydrogen (secondary N) is 1. The molecule has 0 spiro atoms. The number of hydrogen-bond donors (Lipinski definition) is 2. The Morgan fingerprint density at radius 1 is 1.40 bits per heavy atom. The highest BCUT2D eigenvalue weighted by atomic mass is 19.1. The van der Waals surface area contributed by atoms with Crippen LogP contribution in [0.25, 0.3) is 0 Å². The van der Waals surface area contributed by atoms with Crippen LogP contribution >= 0.6 is 0 Å². The molecular weight excluding hydrogens is 257 g/mol. The van der Waals surface area contributed by atoms with Gasteiger partial charge in [-0.1, -0.05) is 19.9 Å². The van der Waals surface area contributed by atoms with Crippen molar-refractivity contribution in [1.29, 1.82) is 0 Å². The van der Waals surface area contributed by atoms with E-state index in [2.05, 4.69) is 5.32 Å². The summed E-state index contributed by atoms with van der Waals surface area (Å²) in [6.45, 7) is 7.02. The summed E-state index contributed by atoms with van der Waals surface area (Å²) in [6.07, 6.45) is 1.89. The number of hydrogen-bond acceptors (Lipinski definition) is 3. The zero-order valence-electron chi connectivity index (χ0n) is 12.9. The molecule has 1 atom stereocenters. The van der Waals surface area contributed by atoms with Crippen LogP contribution in [0.5, 0.6) is 5.75 Å². The molecular formula is C16H26FNO2. The SMILES string of the molecule is COc1ccc(C(C)NCCCC(C)(C)CO)c(F)c1. The Bertz CT molecular complexity index is 421. The van der Waals surface area contributed by atoms with Crippen molar-refractivity contribution in [2.24, 2.45) is 5.41 Å². The Balaban J connectivity index is 2.45. The molecule has 0 radical (unpaired) electrons. The molecule has 0 aliphatic rings. The molecule has 1 unspecified atom stereocenters. The number of aliphatic hydroxyl groups excluding tert-OH is 1. The molecule has 4 heteroatoms. The molecule has 0 aliphatic heterocycles. The number of halogens is 1. The third-order valence-electron chi connectivity index (χ3n) is 3.58. The lowest BCUT2D eigenvalue weighted by Gasteiger charge is -2.22. The number of methoxy groups -OCH3 is 1. The van der Waals surface area contributed by atoms with E-state index >= 15 is 0 Å². The van der Waals surface area contributed by atoms with Crippen LogP contribution in [0.2, 0.25) is 0 Å². The van der Waals surface area contributed by atoms with Gasteiger partial charge in [-0.2, -0.15) is 0 Å². The minimum atomic E-state index is -0.250. The number of aliphatic hydroxyl groups is 1. The van der Waals surface area contributed by atoms with Gasteiger partial charge in [0.2, 0.25) is 0 Å². The predicted octanol–water partition coefficient (Wildman–Crippen LogP) is 3.28. The van der Waals surface area contributed by atoms with Gasteiger partial charge >= 0.3 is 0 Å². The maximum atomic E-state index is 13.9. The monoisotopic (exact) mass is 283 g/mol. The van der Waals surface area contributed by atoms with Crippen LogP contribution in [0.15, 0.2) is 18.2 Å². The summed E-state index contributed by atoms with van der Waals surface area (Å²) < 4.78 is 18.9. The first-order chi connectivity index (χ1) is 9.39. The summed E-state index contributed by atoms with van der Waals surface area (Å²) in [5, 5.41) is 12.5. The summed E-state index contributed by atoms with van der Waals surface area (Å²) in [6, 6.07) is 4.88. The fraction of sp³-hybridized carbons (Fsp3) is 0.625. The molecule has 0 aliphatic carbocycles. The summed E-state index contributed by atoms with van der Waals surface area (Å²) in [7, 11) is 1.53. The average molecular weight is 283 g/mol. The first-order valence-corrected chi connectivity index (χ1v) is 7.07. The van der Waals surface area contributed by atoms with Crippen LogP contribution in [0.4, 0.5) is 4.39 Å². The molecule has 0 amide bonds. The van der Waals surface area contributed by atoms with E-state index in [1.807, 2.05) is 20.8 Å². The standard InChI is InChI=1S/C16H26FNO2/c1-12(18-9-5-8-16(2,3)11-19)14-7-6-13(20-4)10-15(14)17/h6-7,10,12,18-19H,5,8-9,11H2,1-4H3. The van der Waals surface area contributed by atoms with Gasteiger partial charge in [-0.15, -0.1) is 0 Å². The van der Waals surface area contributed by atoms with Crippen LogP contribution in [0.3, 0.4) is 0 Å². The smallest absolute Gasteiger partial charge is 0.131 e. The Hall–Kier alpha value is -1.13. The molecule has 1 rings (SSSR count). The van der Waals surface area contributed by atoms with E-state index in [-0.39, 0.29) is 23.9 Å². The Morgan fingerprint density at radius 2 is 2.10 bits per heavy atom. The second-order valence-corrected chi connectivity index (χ2v) is 5.99. The Labute approximate surface area is 121 Å². The van der Waals surface area contributed by atoms with Gasteiger partial charge in [-0.05, 0) is 37.8 Å². The third kappa shape index (κ3) is 5.10. The first kappa shape index (κ1) is 16.9. The van der Waals surface area contributed by atoms with Gasteiger partial charge in [-0.3, -0.25) is 0 Å². The van der Waals surface area contributed by atoms with Crippen molar-refractivity contribution in [2.45, 2.75) is 39.7 Å². The lowest BCUT2D eigenvalue weighted by atomic mass is 9.89. The lowest BCUT2D eigenvalue weighted by Crippen LogP contribution is -2.23. The molecule has 2 N–H and O–H groups in total. The molecule has 0 saturated carbocycles. The lowest BCUT2D eigenvalue weighted by molar-refractivity contribution is 0.147. The molecule has 3 nitrogen and oxygen atoms in total. The molecule has 0 bridgehead atoms. The van der Waals surface area contributed by atoms with E-state index in [1.54, 1.807) is 12.1 Å². The number of benzene rings is 1. The van der Waals surface area contributed by atoms with Gasteiger partial charge in [0.15, 0.2) is 0 Å². The van der Waals surface area contributed by atoms with Gasteiger partial charge in [0.1, 0.15) is 11.6 Å². The van der Waals surface area contributed by atoms with E-state index in [9.17, 15) is 9.50 Å². The van der Waals surface area contributed by atoms with Gasteiger partial charge in [-0.25, -0.2) is 4.39 Å².